The van der Waals surface area contributed by atoms with Gasteiger partial charge in [-0.2, -0.15) is 0 Å². The number of para-hydroxylation sites is 2. The molecule has 0 aliphatic carbocycles. The zero-order chi connectivity index (χ0) is 17.8. The van der Waals surface area contributed by atoms with Crippen LogP contribution in [0.3, 0.4) is 0 Å². The number of carbonyl (C=O) groups excluding carboxylic acids is 1. The summed E-state index contributed by atoms with van der Waals surface area (Å²) in [5.74, 6) is 0.211. The summed E-state index contributed by atoms with van der Waals surface area (Å²) in [6, 6.07) is 10.3. The summed E-state index contributed by atoms with van der Waals surface area (Å²) in [5, 5.41) is 11.0. The van der Waals surface area contributed by atoms with Gasteiger partial charge in [0.1, 0.15) is 0 Å². The van der Waals surface area contributed by atoms with Gasteiger partial charge < -0.3 is 14.2 Å². The van der Waals surface area contributed by atoms with Gasteiger partial charge in [0.2, 0.25) is 5.91 Å². The van der Waals surface area contributed by atoms with Crippen LogP contribution in [0.25, 0.3) is 0 Å². The van der Waals surface area contributed by atoms with Gasteiger partial charge in [-0.05, 0) is 31.0 Å². The lowest BCUT2D eigenvalue weighted by Gasteiger charge is -2.25. The van der Waals surface area contributed by atoms with Gasteiger partial charge in [0.15, 0.2) is 5.75 Å². The summed E-state index contributed by atoms with van der Waals surface area (Å²) in [5.41, 5.74) is 1.04. The lowest BCUT2D eigenvalue weighted by molar-refractivity contribution is -0.385. The Hall–Kier alpha value is -2.83. The number of aromatic nitrogens is 1. The number of benzene rings is 1. The number of nitrogens with zero attached hydrogens (tertiary/aromatic N) is 3. The normalized spacial score (nSPS) is 16.8. The number of hydrogen-bond donors (Lipinski definition) is 0. The Bertz CT molecular complexity index is 771. The molecule has 1 amide bonds. The van der Waals surface area contributed by atoms with Crippen LogP contribution in [-0.2, 0) is 11.8 Å². The maximum absolute atomic E-state index is 12.6. The molecule has 2 aromatic rings. The second-order valence-corrected chi connectivity index (χ2v) is 6.11. The number of hydrogen-bond acceptors (Lipinski definition) is 4. The Morgan fingerprint density at radius 2 is 2.12 bits per heavy atom. The summed E-state index contributed by atoms with van der Waals surface area (Å²) in [6.45, 7) is 0.861. The van der Waals surface area contributed by atoms with Gasteiger partial charge in [-0.3, -0.25) is 14.9 Å². The maximum atomic E-state index is 12.6. The first-order valence-electron chi connectivity index (χ1n) is 8.35. The van der Waals surface area contributed by atoms with Crippen molar-refractivity contribution in [3.8, 4) is 5.75 Å². The molecule has 1 aliphatic heterocycles. The van der Waals surface area contributed by atoms with Gasteiger partial charge in [-0.25, -0.2) is 0 Å². The van der Waals surface area contributed by atoms with Crippen molar-refractivity contribution in [3.05, 3.63) is 58.4 Å². The smallest absolute Gasteiger partial charge is 0.310 e. The molecule has 2 heterocycles. The molecule has 1 fully saturated rings. The third kappa shape index (κ3) is 3.65. The number of carbonyl (C=O) groups is 1. The topological polar surface area (TPSA) is 77.6 Å². The van der Waals surface area contributed by atoms with Crippen LogP contribution in [0.5, 0.6) is 5.75 Å². The minimum Gasteiger partial charge on any atom is -0.486 e. The van der Waals surface area contributed by atoms with Crippen molar-refractivity contribution in [2.45, 2.75) is 25.3 Å². The minimum absolute atomic E-state index is 0.0160. The summed E-state index contributed by atoms with van der Waals surface area (Å²) < 4.78 is 7.53. The summed E-state index contributed by atoms with van der Waals surface area (Å²) in [4.78, 5) is 25.0. The lowest BCUT2D eigenvalue weighted by atomic mass is 10.1. The van der Waals surface area contributed by atoms with Crippen LogP contribution >= 0.6 is 0 Å². The largest absolute Gasteiger partial charge is 0.486 e. The van der Waals surface area contributed by atoms with E-state index in [4.69, 9.17) is 4.74 Å². The molecule has 0 N–H and O–H groups in total. The lowest BCUT2D eigenvalue weighted by Crippen LogP contribution is -2.32. The Morgan fingerprint density at radius 1 is 1.32 bits per heavy atom. The van der Waals surface area contributed by atoms with Crippen molar-refractivity contribution in [2.24, 2.45) is 7.05 Å². The average molecular weight is 343 g/mol. The fourth-order valence-corrected chi connectivity index (χ4v) is 3.32. The third-order valence-electron chi connectivity index (χ3n) is 4.53. The number of ether oxygens (including phenoxy) is 1. The molecular formula is C18H21N3O4. The standard InChI is InChI=1S/C18H21N3O4/c1-19-11-4-7-14(19)15-8-5-12-20(15)18(22)10-13-25-17-9-3-2-6-16(17)21(23)24/h2-4,6-7,9,11,15H,5,8,10,12-13H2,1H3. The first-order chi connectivity index (χ1) is 12.1. The van der Waals surface area contributed by atoms with Gasteiger partial charge in [-0.15, -0.1) is 0 Å². The molecule has 0 spiro atoms. The summed E-state index contributed by atoms with van der Waals surface area (Å²) in [6.07, 6.45) is 4.11. The van der Waals surface area contributed by atoms with Crippen LogP contribution in [0.4, 0.5) is 5.69 Å². The van der Waals surface area contributed by atoms with Crippen molar-refractivity contribution in [2.75, 3.05) is 13.2 Å². The number of nitro groups is 1. The van der Waals surface area contributed by atoms with Crippen LogP contribution in [0.15, 0.2) is 42.6 Å². The third-order valence-corrected chi connectivity index (χ3v) is 4.53. The second-order valence-electron chi connectivity index (χ2n) is 6.11. The molecule has 7 nitrogen and oxygen atoms in total. The molecule has 1 aromatic carbocycles. The van der Waals surface area contributed by atoms with E-state index in [0.29, 0.717) is 0 Å². The molecule has 1 atom stereocenters. The molecule has 7 heteroatoms. The van der Waals surface area contributed by atoms with Gasteiger partial charge >= 0.3 is 5.69 Å². The molecule has 1 unspecified atom stereocenters. The highest BCUT2D eigenvalue weighted by Gasteiger charge is 2.31. The fraction of sp³-hybridized carbons (Fsp3) is 0.389. The quantitative estimate of drug-likeness (QED) is 0.596. The number of likely N-dealkylation sites (tertiary alicyclic amines) is 1. The molecule has 1 saturated heterocycles. The Morgan fingerprint density at radius 3 is 2.84 bits per heavy atom. The van der Waals surface area contributed by atoms with E-state index in [1.165, 1.54) is 6.07 Å². The van der Waals surface area contributed by atoms with Gasteiger partial charge in [0, 0.05) is 31.5 Å². The van der Waals surface area contributed by atoms with E-state index in [1.54, 1.807) is 18.2 Å². The fourth-order valence-electron chi connectivity index (χ4n) is 3.32. The molecule has 0 radical (unpaired) electrons. The molecule has 1 aliphatic rings. The van der Waals surface area contributed by atoms with Crippen LogP contribution in [0.2, 0.25) is 0 Å². The molecule has 3 rings (SSSR count). The molecule has 1 aromatic heterocycles. The van der Waals surface area contributed by atoms with Gasteiger partial charge in [0.25, 0.3) is 0 Å². The van der Waals surface area contributed by atoms with Crippen LogP contribution < -0.4 is 4.74 Å². The maximum Gasteiger partial charge on any atom is 0.310 e. The van der Waals surface area contributed by atoms with Crippen LogP contribution in [-0.4, -0.2) is 33.4 Å². The van der Waals surface area contributed by atoms with E-state index in [-0.39, 0.29) is 36.4 Å². The SMILES string of the molecule is Cn1cccc1C1CCCN1C(=O)CCOc1ccccc1[N+](=O)[O-]. The van der Waals surface area contributed by atoms with Crippen molar-refractivity contribution in [1.29, 1.82) is 0 Å². The molecule has 0 bridgehead atoms. The van der Waals surface area contributed by atoms with Crippen molar-refractivity contribution in [1.82, 2.24) is 9.47 Å². The highest BCUT2D eigenvalue weighted by Crippen LogP contribution is 2.32. The van der Waals surface area contributed by atoms with Crippen molar-refractivity contribution >= 4 is 11.6 Å². The van der Waals surface area contributed by atoms with Gasteiger partial charge in [0.05, 0.1) is 24.0 Å². The highest BCUT2D eigenvalue weighted by atomic mass is 16.6. The molecule has 0 saturated carbocycles. The Kier molecular flexibility index (Phi) is 5.02. The number of amides is 1. The number of aryl methyl sites for hydroxylation is 1. The number of rotatable bonds is 6. The van der Waals surface area contributed by atoms with Crippen molar-refractivity contribution < 1.29 is 14.5 Å². The molecular weight excluding hydrogens is 322 g/mol. The predicted octanol–water partition coefficient (Wildman–Crippen LogP) is 3.07. The molecule has 25 heavy (non-hydrogen) atoms. The Balaban J connectivity index is 1.60. The van der Waals surface area contributed by atoms with E-state index < -0.39 is 4.92 Å². The highest BCUT2D eigenvalue weighted by molar-refractivity contribution is 5.77. The molecule has 132 valence electrons. The van der Waals surface area contributed by atoms with E-state index in [0.717, 1.165) is 25.1 Å². The monoisotopic (exact) mass is 343 g/mol. The van der Waals surface area contributed by atoms with E-state index in [2.05, 4.69) is 0 Å². The van der Waals surface area contributed by atoms with Gasteiger partial charge in [-0.1, -0.05) is 12.1 Å². The van der Waals surface area contributed by atoms with E-state index in [1.807, 2.05) is 34.8 Å². The summed E-state index contributed by atoms with van der Waals surface area (Å²) in [7, 11) is 1.98. The zero-order valence-corrected chi connectivity index (χ0v) is 14.1. The number of nitro benzene ring substituents is 1. The minimum atomic E-state index is -0.483. The van der Waals surface area contributed by atoms with Crippen LogP contribution in [0.1, 0.15) is 31.0 Å². The first-order valence-corrected chi connectivity index (χ1v) is 8.35. The average Bonchev–Trinajstić information content (AvgIpc) is 3.23. The predicted molar refractivity (Wildman–Crippen MR) is 92.3 cm³/mol. The first kappa shape index (κ1) is 17.0. The van der Waals surface area contributed by atoms with Crippen molar-refractivity contribution in [3.63, 3.8) is 0 Å². The van der Waals surface area contributed by atoms with E-state index in [9.17, 15) is 14.9 Å². The zero-order valence-electron chi connectivity index (χ0n) is 14.1. The van der Waals surface area contributed by atoms with Crippen LogP contribution in [0, 0.1) is 10.1 Å². The van der Waals surface area contributed by atoms with E-state index >= 15 is 0 Å². The second kappa shape index (κ2) is 7.38. The summed E-state index contributed by atoms with van der Waals surface area (Å²) >= 11 is 0. The Labute approximate surface area is 146 Å².